The Morgan fingerprint density at radius 1 is 1.04 bits per heavy atom. The zero-order valence-electron chi connectivity index (χ0n) is 15.4. The van der Waals surface area contributed by atoms with Gasteiger partial charge in [0.1, 0.15) is 6.04 Å². The van der Waals surface area contributed by atoms with E-state index in [0.29, 0.717) is 32.4 Å². The summed E-state index contributed by atoms with van der Waals surface area (Å²) in [6.07, 6.45) is 3.21. The molecule has 0 aromatic carbocycles. The van der Waals surface area contributed by atoms with Gasteiger partial charge in [-0.05, 0) is 38.6 Å². The molecule has 4 N–H and O–H groups in total. The van der Waals surface area contributed by atoms with Gasteiger partial charge in [0.2, 0.25) is 11.8 Å². The third-order valence-electron chi connectivity index (χ3n) is 3.90. The summed E-state index contributed by atoms with van der Waals surface area (Å²) in [6.45, 7) is 8.44. The molecule has 0 aromatic rings. The maximum Gasteiger partial charge on any atom is 0.306 e. The lowest BCUT2D eigenvalue weighted by molar-refractivity contribution is -0.144. The van der Waals surface area contributed by atoms with Crippen LogP contribution >= 0.6 is 0 Å². The number of amides is 2. The van der Waals surface area contributed by atoms with Crippen LogP contribution in [0, 0.1) is 5.92 Å². The summed E-state index contributed by atoms with van der Waals surface area (Å²) in [6, 6.07) is -1.07. The molecule has 0 saturated heterocycles. The molecule has 24 heavy (non-hydrogen) atoms. The second kappa shape index (κ2) is 12.8. The number of hydrogen-bond donors (Lipinski definition) is 3. The van der Waals surface area contributed by atoms with Crippen molar-refractivity contribution >= 4 is 17.8 Å². The first-order valence-electron chi connectivity index (χ1n) is 8.88. The van der Waals surface area contributed by atoms with E-state index in [0.717, 1.165) is 12.8 Å². The number of ether oxygens (including phenoxy) is 1. The van der Waals surface area contributed by atoms with Gasteiger partial charge in [0.05, 0.1) is 12.6 Å². The van der Waals surface area contributed by atoms with Crippen molar-refractivity contribution in [2.24, 2.45) is 11.7 Å². The van der Waals surface area contributed by atoms with Gasteiger partial charge in [0.15, 0.2) is 0 Å². The Hall–Kier alpha value is -1.63. The van der Waals surface area contributed by atoms with Gasteiger partial charge in [-0.2, -0.15) is 0 Å². The molecule has 2 amide bonds. The van der Waals surface area contributed by atoms with Crippen LogP contribution in [0.15, 0.2) is 0 Å². The molecule has 0 aliphatic rings. The predicted molar refractivity (Wildman–Crippen MR) is 93.1 cm³/mol. The van der Waals surface area contributed by atoms with Crippen LogP contribution in [0.2, 0.25) is 0 Å². The summed E-state index contributed by atoms with van der Waals surface area (Å²) >= 11 is 0. The highest BCUT2D eigenvalue weighted by molar-refractivity contribution is 5.88. The molecule has 0 saturated carbocycles. The molecular formula is C17H33N3O4. The molecule has 3 atom stereocenters. The fourth-order valence-corrected chi connectivity index (χ4v) is 2.52. The highest BCUT2D eigenvalue weighted by Crippen LogP contribution is 2.12. The molecule has 0 bridgehead atoms. The monoisotopic (exact) mass is 343 g/mol. The molecular weight excluding hydrogens is 310 g/mol. The van der Waals surface area contributed by atoms with Crippen molar-refractivity contribution in [3.63, 3.8) is 0 Å². The van der Waals surface area contributed by atoms with Crippen LogP contribution in [-0.2, 0) is 19.1 Å². The van der Waals surface area contributed by atoms with E-state index in [-0.39, 0.29) is 17.8 Å². The second-order valence-corrected chi connectivity index (χ2v) is 5.90. The van der Waals surface area contributed by atoms with Gasteiger partial charge in [0, 0.05) is 6.42 Å². The highest BCUT2D eigenvalue weighted by atomic mass is 16.5. The Morgan fingerprint density at radius 2 is 1.67 bits per heavy atom. The van der Waals surface area contributed by atoms with Gasteiger partial charge < -0.3 is 21.1 Å². The van der Waals surface area contributed by atoms with E-state index >= 15 is 0 Å². The predicted octanol–water partition coefficient (Wildman–Crippen LogP) is 1.10. The van der Waals surface area contributed by atoms with Crippen molar-refractivity contribution in [2.45, 2.75) is 71.9 Å². The zero-order valence-corrected chi connectivity index (χ0v) is 15.4. The minimum absolute atomic E-state index is 0.119. The number of carbonyl (C=O) groups is 3. The molecule has 140 valence electrons. The average Bonchev–Trinajstić information content (AvgIpc) is 2.53. The zero-order chi connectivity index (χ0) is 18.5. The van der Waals surface area contributed by atoms with Gasteiger partial charge in [-0.1, -0.05) is 27.2 Å². The molecule has 0 unspecified atom stereocenters. The van der Waals surface area contributed by atoms with Gasteiger partial charge in [0.25, 0.3) is 0 Å². The quantitative estimate of drug-likeness (QED) is 0.434. The maximum absolute atomic E-state index is 12.3. The third-order valence-corrected chi connectivity index (χ3v) is 3.90. The van der Waals surface area contributed by atoms with E-state index in [1.54, 1.807) is 13.8 Å². The lowest BCUT2D eigenvalue weighted by Crippen LogP contribution is -2.52. The SMILES string of the molecule is CCC[C@@H](CN[C@@H](CC)C(=O)N[C@@H](CC)C(N)=O)CC(=O)OCC. The first-order chi connectivity index (χ1) is 11.4. The standard InChI is InChI=1S/C17H33N3O4/c1-5-9-12(10-15(21)24-8-4)11-19-14(7-3)17(23)20-13(6-2)16(18)22/h12-14,19H,5-11H2,1-4H3,(H2,18,22)(H,20,23)/t12-,13+,14+/m1/s1. The Labute approximate surface area is 145 Å². The van der Waals surface area contributed by atoms with Gasteiger partial charge in [-0.15, -0.1) is 0 Å². The van der Waals surface area contributed by atoms with E-state index in [1.807, 2.05) is 6.92 Å². The summed E-state index contributed by atoms with van der Waals surface area (Å²) < 4.78 is 5.00. The van der Waals surface area contributed by atoms with Crippen LogP contribution in [0.5, 0.6) is 0 Å². The summed E-state index contributed by atoms with van der Waals surface area (Å²) in [5.41, 5.74) is 5.26. The maximum atomic E-state index is 12.3. The van der Waals surface area contributed by atoms with Crippen molar-refractivity contribution < 1.29 is 19.1 Å². The van der Waals surface area contributed by atoms with Crippen LogP contribution in [0.4, 0.5) is 0 Å². The molecule has 0 rings (SSSR count). The van der Waals surface area contributed by atoms with E-state index in [4.69, 9.17) is 10.5 Å². The largest absolute Gasteiger partial charge is 0.466 e. The first kappa shape index (κ1) is 22.4. The van der Waals surface area contributed by atoms with Gasteiger partial charge in [-0.25, -0.2) is 0 Å². The molecule has 0 heterocycles. The van der Waals surface area contributed by atoms with Crippen molar-refractivity contribution in [1.82, 2.24) is 10.6 Å². The molecule has 0 aliphatic carbocycles. The molecule has 0 fully saturated rings. The smallest absolute Gasteiger partial charge is 0.306 e. The van der Waals surface area contributed by atoms with E-state index in [2.05, 4.69) is 17.6 Å². The Bertz CT molecular complexity index is 401. The number of primary amides is 1. The minimum atomic E-state index is -0.653. The second-order valence-electron chi connectivity index (χ2n) is 5.90. The summed E-state index contributed by atoms with van der Waals surface area (Å²) in [5.74, 6) is -0.870. The molecule has 7 nitrogen and oxygen atoms in total. The Kier molecular flexibility index (Phi) is 11.9. The first-order valence-corrected chi connectivity index (χ1v) is 8.88. The topological polar surface area (TPSA) is 111 Å². The van der Waals surface area contributed by atoms with Crippen LogP contribution in [0.3, 0.4) is 0 Å². The number of carbonyl (C=O) groups excluding carboxylic acids is 3. The summed E-state index contributed by atoms with van der Waals surface area (Å²) in [4.78, 5) is 35.2. The normalized spacial score (nSPS) is 14.5. The van der Waals surface area contributed by atoms with Crippen molar-refractivity contribution in [3.05, 3.63) is 0 Å². The lowest BCUT2D eigenvalue weighted by Gasteiger charge is -2.23. The number of nitrogens with two attached hydrogens (primary N) is 1. The highest BCUT2D eigenvalue weighted by Gasteiger charge is 2.23. The van der Waals surface area contributed by atoms with E-state index < -0.39 is 18.0 Å². The minimum Gasteiger partial charge on any atom is -0.466 e. The number of hydrogen-bond acceptors (Lipinski definition) is 5. The van der Waals surface area contributed by atoms with Crippen LogP contribution < -0.4 is 16.4 Å². The average molecular weight is 343 g/mol. The summed E-state index contributed by atoms with van der Waals surface area (Å²) in [5, 5.41) is 5.86. The van der Waals surface area contributed by atoms with Crippen LogP contribution in [0.1, 0.15) is 59.8 Å². The van der Waals surface area contributed by atoms with Crippen molar-refractivity contribution in [3.8, 4) is 0 Å². The van der Waals surface area contributed by atoms with Crippen molar-refractivity contribution in [1.29, 1.82) is 0 Å². The van der Waals surface area contributed by atoms with Gasteiger partial charge in [-0.3, -0.25) is 14.4 Å². The molecule has 0 aromatic heterocycles. The molecule has 0 spiro atoms. The molecule has 7 heteroatoms. The van der Waals surface area contributed by atoms with Crippen LogP contribution in [0.25, 0.3) is 0 Å². The van der Waals surface area contributed by atoms with Gasteiger partial charge >= 0.3 is 5.97 Å². The number of nitrogens with one attached hydrogen (secondary N) is 2. The fraction of sp³-hybridized carbons (Fsp3) is 0.824. The Balaban J connectivity index is 4.58. The fourth-order valence-electron chi connectivity index (χ4n) is 2.52. The Morgan fingerprint density at radius 3 is 2.12 bits per heavy atom. The number of rotatable bonds is 13. The lowest BCUT2D eigenvalue weighted by atomic mass is 9.99. The molecule has 0 radical (unpaired) electrons. The van der Waals surface area contributed by atoms with E-state index in [9.17, 15) is 14.4 Å². The summed E-state index contributed by atoms with van der Waals surface area (Å²) in [7, 11) is 0. The van der Waals surface area contributed by atoms with E-state index in [1.165, 1.54) is 0 Å². The third kappa shape index (κ3) is 8.86. The number of esters is 1. The molecule has 0 aliphatic heterocycles. The van der Waals surface area contributed by atoms with Crippen LogP contribution in [-0.4, -0.2) is 43.0 Å². The van der Waals surface area contributed by atoms with Crippen molar-refractivity contribution in [2.75, 3.05) is 13.2 Å².